The summed E-state index contributed by atoms with van der Waals surface area (Å²) in [5.74, 6) is -1.55. The number of carboxylic acids is 1. The van der Waals surface area contributed by atoms with E-state index in [1.54, 1.807) is 6.92 Å². The zero-order valence-corrected chi connectivity index (χ0v) is 8.25. The molecule has 80 valence electrons. The van der Waals surface area contributed by atoms with Gasteiger partial charge in [0.25, 0.3) is 0 Å². The molecular formula is C9H16N2O3. The summed E-state index contributed by atoms with van der Waals surface area (Å²) in [7, 11) is 0. The SMILES string of the molecule is CC(CNC(=O)C1(CN)CC1)C(=O)O. The van der Waals surface area contributed by atoms with Gasteiger partial charge in [0.05, 0.1) is 11.3 Å². The minimum Gasteiger partial charge on any atom is -0.481 e. The lowest BCUT2D eigenvalue weighted by Gasteiger charge is -2.14. The van der Waals surface area contributed by atoms with E-state index in [1.807, 2.05) is 0 Å². The number of rotatable bonds is 5. The molecule has 1 aliphatic carbocycles. The molecule has 5 heteroatoms. The van der Waals surface area contributed by atoms with E-state index in [-0.39, 0.29) is 12.5 Å². The van der Waals surface area contributed by atoms with Crippen LogP contribution >= 0.6 is 0 Å². The summed E-state index contributed by atoms with van der Waals surface area (Å²) in [5, 5.41) is 11.2. The molecule has 5 nitrogen and oxygen atoms in total. The lowest BCUT2D eigenvalue weighted by Crippen LogP contribution is -2.39. The van der Waals surface area contributed by atoms with Gasteiger partial charge in [0.15, 0.2) is 0 Å². The molecule has 1 rings (SSSR count). The monoisotopic (exact) mass is 200 g/mol. The van der Waals surface area contributed by atoms with Crippen molar-refractivity contribution in [1.82, 2.24) is 5.32 Å². The minimum absolute atomic E-state index is 0.104. The summed E-state index contributed by atoms with van der Waals surface area (Å²) >= 11 is 0. The molecule has 0 aromatic heterocycles. The highest BCUT2D eigenvalue weighted by atomic mass is 16.4. The quantitative estimate of drug-likeness (QED) is 0.561. The number of carboxylic acid groups (broad SMARTS) is 1. The highest BCUT2D eigenvalue weighted by Gasteiger charge is 2.48. The number of hydrogen-bond donors (Lipinski definition) is 3. The molecule has 0 spiro atoms. The fourth-order valence-electron chi connectivity index (χ4n) is 1.20. The van der Waals surface area contributed by atoms with Gasteiger partial charge in [-0.25, -0.2) is 0 Å². The fourth-order valence-corrected chi connectivity index (χ4v) is 1.20. The van der Waals surface area contributed by atoms with Crippen LogP contribution in [-0.2, 0) is 9.59 Å². The van der Waals surface area contributed by atoms with Gasteiger partial charge in [0.2, 0.25) is 5.91 Å². The van der Waals surface area contributed by atoms with Crippen molar-refractivity contribution in [1.29, 1.82) is 0 Å². The standard InChI is InChI=1S/C9H16N2O3/c1-6(7(12)13)4-11-8(14)9(5-10)2-3-9/h6H,2-5,10H2,1H3,(H,11,14)(H,12,13). The van der Waals surface area contributed by atoms with Crippen LogP contribution in [-0.4, -0.2) is 30.1 Å². The molecule has 0 aromatic carbocycles. The van der Waals surface area contributed by atoms with Gasteiger partial charge in [-0.3, -0.25) is 9.59 Å². The molecule has 1 atom stereocenters. The Hall–Kier alpha value is -1.10. The molecule has 4 N–H and O–H groups in total. The van der Waals surface area contributed by atoms with Crippen molar-refractivity contribution < 1.29 is 14.7 Å². The topological polar surface area (TPSA) is 92.4 Å². The van der Waals surface area contributed by atoms with E-state index in [2.05, 4.69) is 5.32 Å². The summed E-state index contributed by atoms with van der Waals surface area (Å²) < 4.78 is 0. The summed E-state index contributed by atoms with van der Waals surface area (Å²) in [6.07, 6.45) is 1.63. The van der Waals surface area contributed by atoms with Crippen molar-refractivity contribution in [2.45, 2.75) is 19.8 Å². The largest absolute Gasteiger partial charge is 0.481 e. The maximum absolute atomic E-state index is 11.5. The Balaban J connectivity index is 2.32. The first-order valence-corrected chi connectivity index (χ1v) is 4.73. The predicted molar refractivity (Wildman–Crippen MR) is 50.5 cm³/mol. The third-order valence-electron chi connectivity index (χ3n) is 2.72. The van der Waals surface area contributed by atoms with E-state index < -0.39 is 17.3 Å². The maximum Gasteiger partial charge on any atom is 0.308 e. The van der Waals surface area contributed by atoms with Gasteiger partial charge in [-0.2, -0.15) is 0 Å². The van der Waals surface area contributed by atoms with Crippen molar-refractivity contribution >= 4 is 11.9 Å². The first-order chi connectivity index (χ1) is 6.52. The number of nitrogens with two attached hydrogens (primary N) is 1. The van der Waals surface area contributed by atoms with Crippen molar-refractivity contribution in [3.05, 3.63) is 0 Å². The molecule has 1 aliphatic rings. The first-order valence-electron chi connectivity index (χ1n) is 4.73. The second kappa shape index (κ2) is 3.96. The van der Waals surface area contributed by atoms with Crippen LogP contribution in [0.4, 0.5) is 0 Å². The van der Waals surface area contributed by atoms with E-state index in [1.165, 1.54) is 0 Å². The molecule has 1 saturated carbocycles. The Kier molecular flexibility index (Phi) is 3.10. The van der Waals surface area contributed by atoms with E-state index in [4.69, 9.17) is 10.8 Å². The van der Waals surface area contributed by atoms with Crippen LogP contribution in [0.25, 0.3) is 0 Å². The second-order valence-electron chi connectivity index (χ2n) is 3.93. The van der Waals surface area contributed by atoms with Crippen LogP contribution in [0.2, 0.25) is 0 Å². The molecule has 1 amide bonds. The lowest BCUT2D eigenvalue weighted by atomic mass is 10.1. The van der Waals surface area contributed by atoms with Crippen molar-refractivity contribution in [3.63, 3.8) is 0 Å². The molecule has 0 radical (unpaired) electrons. The molecule has 1 fully saturated rings. The highest BCUT2D eigenvalue weighted by molar-refractivity contribution is 5.86. The number of hydrogen-bond acceptors (Lipinski definition) is 3. The van der Waals surface area contributed by atoms with Crippen LogP contribution in [0.5, 0.6) is 0 Å². The Labute approximate surface area is 82.7 Å². The van der Waals surface area contributed by atoms with Crippen LogP contribution in [0, 0.1) is 11.3 Å². The smallest absolute Gasteiger partial charge is 0.308 e. The maximum atomic E-state index is 11.5. The molecule has 0 heterocycles. The Morgan fingerprint density at radius 1 is 1.57 bits per heavy atom. The first kappa shape index (κ1) is 11.0. The third kappa shape index (κ3) is 2.23. The van der Waals surface area contributed by atoms with Crippen LogP contribution in [0.15, 0.2) is 0 Å². The molecule has 1 unspecified atom stereocenters. The average molecular weight is 200 g/mol. The highest BCUT2D eigenvalue weighted by Crippen LogP contribution is 2.44. The van der Waals surface area contributed by atoms with Crippen LogP contribution in [0.1, 0.15) is 19.8 Å². The van der Waals surface area contributed by atoms with Gasteiger partial charge in [-0.1, -0.05) is 6.92 Å². The van der Waals surface area contributed by atoms with Crippen molar-refractivity contribution in [2.75, 3.05) is 13.1 Å². The van der Waals surface area contributed by atoms with E-state index in [0.717, 1.165) is 12.8 Å². The van der Waals surface area contributed by atoms with E-state index in [9.17, 15) is 9.59 Å². The van der Waals surface area contributed by atoms with Gasteiger partial charge < -0.3 is 16.2 Å². The molecule has 0 bridgehead atoms. The Morgan fingerprint density at radius 3 is 2.50 bits per heavy atom. The summed E-state index contributed by atoms with van der Waals surface area (Å²) in [5.41, 5.74) is 5.07. The zero-order chi connectivity index (χ0) is 10.8. The Morgan fingerprint density at radius 2 is 2.14 bits per heavy atom. The number of nitrogens with one attached hydrogen (secondary N) is 1. The minimum atomic E-state index is -0.900. The summed E-state index contributed by atoms with van der Waals surface area (Å²) in [4.78, 5) is 22.0. The average Bonchev–Trinajstić information content (AvgIpc) is 2.93. The molecule has 0 aromatic rings. The van der Waals surface area contributed by atoms with E-state index >= 15 is 0 Å². The molecule has 0 aliphatic heterocycles. The summed E-state index contributed by atoms with van der Waals surface area (Å²) in [6, 6.07) is 0. The third-order valence-corrected chi connectivity index (χ3v) is 2.72. The lowest BCUT2D eigenvalue weighted by molar-refractivity contribution is -0.141. The number of carbonyl (C=O) groups excluding carboxylic acids is 1. The normalized spacial score (nSPS) is 19.9. The number of carbonyl (C=O) groups is 2. The van der Waals surface area contributed by atoms with Gasteiger partial charge in [0.1, 0.15) is 0 Å². The zero-order valence-electron chi connectivity index (χ0n) is 8.25. The number of amides is 1. The molecule has 0 saturated heterocycles. The van der Waals surface area contributed by atoms with Gasteiger partial charge in [-0.05, 0) is 12.8 Å². The Bertz CT molecular complexity index is 248. The van der Waals surface area contributed by atoms with Crippen LogP contribution in [0.3, 0.4) is 0 Å². The molecular weight excluding hydrogens is 184 g/mol. The number of aliphatic carboxylic acids is 1. The second-order valence-corrected chi connectivity index (χ2v) is 3.93. The summed E-state index contributed by atoms with van der Waals surface area (Å²) in [6.45, 7) is 2.08. The van der Waals surface area contributed by atoms with Crippen molar-refractivity contribution in [2.24, 2.45) is 17.1 Å². The van der Waals surface area contributed by atoms with E-state index in [0.29, 0.717) is 6.54 Å². The van der Waals surface area contributed by atoms with Gasteiger partial charge in [-0.15, -0.1) is 0 Å². The fraction of sp³-hybridized carbons (Fsp3) is 0.778. The van der Waals surface area contributed by atoms with Gasteiger partial charge in [0, 0.05) is 13.1 Å². The van der Waals surface area contributed by atoms with Gasteiger partial charge >= 0.3 is 5.97 Å². The molecule has 14 heavy (non-hydrogen) atoms. The van der Waals surface area contributed by atoms with Crippen LogP contribution < -0.4 is 11.1 Å². The predicted octanol–water partition coefficient (Wildman–Crippen LogP) is -0.438. The van der Waals surface area contributed by atoms with Crippen molar-refractivity contribution in [3.8, 4) is 0 Å².